The summed E-state index contributed by atoms with van der Waals surface area (Å²) in [6, 6.07) is 10.5. The largest absolute Gasteiger partial charge is 0.497 e. The summed E-state index contributed by atoms with van der Waals surface area (Å²) in [6.45, 7) is 0.470. The summed E-state index contributed by atoms with van der Waals surface area (Å²) in [4.78, 5) is 18.1. The Kier molecular flexibility index (Phi) is 6.59. The van der Waals surface area contributed by atoms with Crippen LogP contribution < -0.4 is 20.3 Å². The zero-order valence-electron chi connectivity index (χ0n) is 14.7. The fraction of sp³-hybridized carbons (Fsp3) is 0.333. The molecule has 134 valence electrons. The minimum absolute atomic E-state index is 0.117. The van der Waals surface area contributed by atoms with Gasteiger partial charge in [0.15, 0.2) is 0 Å². The first-order valence-corrected chi connectivity index (χ1v) is 7.96. The van der Waals surface area contributed by atoms with Gasteiger partial charge < -0.3 is 25.4 Å². The smallest absolute Gasteiger partial charge is 0.315 e. The average Bonchev–Trinajstić information content (AvgIpc) is 2.64. The summed E-state index contributed by atoms with van der Waals surface area (Å²) < 4.78 is 5.08. The summed E-state index contributed by atoms with van der Waals surface area (Å²) >= 11 is 0. The molecule has 0 bridgehead atoms. The second-order valence-corrected chi connectivity index (χ2v) is 5.73. The number of nitrogens with zero attached hydrogens (tertiary/aromatic N) is 2. The van der Waals surface area contributed by atoms with Crippen LogP contribution in [0, 0.1) is 0 Å². The summed E-state index contributed by atoms with van der Waals surface area (Å²) in [5.41, 5.74) is 1.63. The molecule has 0 fully saturated rings. The van der Waals surface area contributed by atoms with E-state index in [9.17, 15) is 9.90 Å². The molecule has 25 heavy (non-hydrogen) atoms. The number of anilines is 1. The highest BCUT2D eigenvalue weighted by molar-refractivity contribution is 5.74. The summed E-state index contributed by atoms with van der Waals surface area (Å²) in [6.07, 6.45) is 0.928. The Morgan fingerprint density at radius 3 is 2.60 bits per heavy atom. The maximum atomic E-state index is 11.9. The van der Waals surface area contributed by atoms with E-state index in [1.807, 2.05) is 31.1 Å². The molecule has 0 aliphatic carbocycles. The topological polar surface area (TPSA) is 86.7 Å². The third-order valence-electron chi connectivity index (χ3n) is 3.69. The van der Waals surface area contributed by atoms with Gasteiger partial charge in [0.2, 0.25) is 0 Å². The van der Waals surface area contributed by atoms with E-state index in [2.05, 4.69) is 15.6 Å². The molecule has 2 rings (SSSR count). The molecule has 0 radical (unpaired) electrons. The van der Waals surface area contributed by atoms with Gasteiger partial charge in [0.25, 0.3) is 0 Å². The van der Waals surface area contributed by atoms with Crippen molar-refractivity contribution in [3.63, 3.8) is 0 Å². The zero-order chi connectivity index (χ0) is 18.2. The minimum Gasteiger partial charge on any atom is -0.497 e. The van der Waals surface area contributed by atoms with Crippen molar-refractivity contribution in [2.24, 2.45) is 0 Å². The Balaban J connectivity index is 1.82. The SMILES string of the molecule is COc1ccc(C(O)CNC(=O)NCc2cccnc2N(C)C)cc1. The van der Waals surface area contributed by atoms with Crippen molar-refractivity contribution in [2.45, 2.75) is 12.6 Å². The number of ether oxygens (including phenoxy) is 1. The molecule has 7 nitrogen and oxygen atoms in total. The van der Waals surface area contributed by atoms with Crippen LogP contribution in [0.4, 0.5) is 10.6 Å². The lowest BCUT2D eigenvalue weighted by Gasteiger charge is -2.17. The number of urea groups is 1. The van der Waals surface area contributed by atoms with E-state index in [0.717, 1.165) is 17.1 Å². The molecular formula is C18H24N4O3. The van der Waals surface area contributed by atoms with Crippen molar-refractivity contribution in [1.29, 1.82) is 0 Å². The second kappa shape index (κ2) is 8.89. The van der Waals surface area contributed by atoms with Gasteiger partial charge >= 0.3 is 6.03 Å². The van der Waals surface area contributed by atoms with Crippen molar-refractivity contribution in [3.05, 3.63) is 53.7 Å². The van der Waals surface area contributed by atoms with Gasteiger partial charge in [-0.15, -0.1) is 0 Å². The highest BCUT2D eigenvalue weighted by Gasteiger charge is 2.11. The summed E-state index contributed by atoms with van der Waals surface area (Å²) in [5, 5.41) is 15.6. The highest BCUT2D eigenvalue weighted by Crippen LogP contribution is 2.17. The lowest BCUT2D eigenvalue weighted by Crippen LogP contribution is -2.37. The van der Waals surface area contributed by atoms with Gasteiger partial charge in [-0.1, -0.05) is 18.2 Å². The number of nitrogens with one attached hydrogen (secondary N) is 2. The molecule has 0 spiro atoms. The van der Waals surface area contributed by atoms with Gasteiger partial charge in [0.1, 0.15) is 11.6 Å². The average molecular weight is 344 g/mol. The number of methoxy groups -OCH3 is 1. The minimum atomic E-state index is -0.785. The molecule has 7 heteroatoms. The van der Waals surface area contributed by atoms with E-state index in [0.29, 0.717) is 12.1 Å². The number of rotatable bonds is 7. The third kappa shape index (κ3) is 5.36. The van der Waals surface area contributed by atoms with E-state index < -0.39 is 6.10 Å². The number of carbonyl (C=O) groups excluding carboxylic acids is 1. The fourth-order valence-corrected chi connectivity index (χ4v) is 2.34. The molecule has 1 atom stereocenters. The van der Waals surface area contributed by atoms with E-state index in [1.165, 1.54) is 0 Å². The Morgan fingerprint density at radius 1 is 1.24 bits per heavy atom. The van der Waals surface area contributed by atoms with Crippen LogP contribution in [0.3, 0.4) is 0 Å². The number of benzene rings is 1. The number of pyridine rings is 1. The van der Waals surface area contributed by atoms with Crippen molar-refractivity contribution in [3.8, 4) is 5.75 Å². The Morgan fingerprint density at radius 2 is 1.96 bits per heavy atom. The van der Waals surface area contributed by atoms with Gasteiger partial charge in [-0.05, 0) is 23.8 Å². The lowest BCUT2D eigenvalue weighted by molar-refractivity contribution is 0.173. The van der Waals surface area contributed by atoms with Gasteiger partial charge in [-0.25, -0.2) is 9.78 Å². The van der Waals surface area contributed by atoms with Crippen LogP contribution in [-0.2, 0) is 6.54 Å². The highest BCUT2D eigenvalue weighted by atomic mass is 16.5. The number of carbonyl (C=O) groups is 1. The maximum Gasteiger partial charge on any atom is 0.315 e. The second-order valence-electron chi connectivity index (χ2n) is 5.73. The number of aromatic nitrogens is 1. The monoisotopic (exact) mass is 344 g/mol. The Hall–Kier alpha value is -2.80. The fourth-order valence-electron chi connectivity index (χ4n) is 2.34. The third-order valence-corrected chi connectivity index (χ3v) is 3.69. The normalized spacial score (nSPS) is 11.5. The quantitative estimate of drug-likeness (QED) is 0.711. The van der Waals surface area contributed by atoms with Crippen LogP contribution in [0.15, 0.2) is 42.6 Å². The first-order chi connectivity index (χ1) is 12.0. The van der Waals surface area contributed by atoms with Crippen molar-refractivity contribution < 1.29 is 14.6 Å². The van der Waals surface area contributed by atoms with Crippen LogP contribution >= 0.6 is 0 Å². The Bertz CT molecular complexity index is 689. The molecule has 0 saturated heterocycles. The summed E-state index contributed by atoms with van der Waals surface area (Å²) in [5.74, 6) is 1.52. The molecule has 1 aromatic heterocycles. The van der Waals surface area contributed by atoms with Gasteiger partial charge in [0, 0.05) is 38.9 Å². The number of hydrogen-bond acceptors (Lipinski definition) is 5. The van der Waals surface area contributed by atoms with Crippen LogP contribution in [0.1, 0.15) is 17.2 Å². The standard InChI is InChI=1S/C18H24N4O3/c1-22(2)17-14(5-4-10-19-17)11-20-18(24)21-12-16(23)13-6-8-15(25-3)9-7-13/h4-10,16,23H,11-12H2,1-3H3,(H2,20,21,24). The molecule has 0 aliphatic rings. The molecular weight excluding hydrogens is 320 g/mol. The van der Waals surface area contributed by atoms with E-state index in [1.54, 1.807) is 37.6 Å². The molecule has 3 N–H and O–H groups in total. The molecule has 2 amide bonds. The first-order valence-electron chi connectivity index (χ1n) is 7.96. The maximum absolute atomic E-state index is 11.9. The van der Waals surface area contributed by atoms with Crippen LogP contribution in [-0.4, -0.2) is 43.9 Å². The summed E-state index contributed by atoms with van der Waals surface area (Å²) in [7, 11) is 5.38. The van der Waals surface area contributed by atoms with Crippen molar-refractivity contribution >= 4 is 11.8 Å². The van der Waals surface area contributed by atoms with Crippen LogP contribution in [0.5, 0.6) is 5.75 Å². The molecule has 1 heterocycles. The van der Waals surface area contributed by atoms with Crippen molar-refractivity contribution in [1.82, 2.24) is 15.6 Å². The predicted octanol–water partition coefficient (Wildman–Crippen LogP) is 1.69. The number of amides is 2. The van der Waals surface area contributed by atoms with Crippen LogP contribution in [0.25, 0.3) is 0 Å². The van der Waals surface area contributed by atoms with E-state index in [4.69, 9.17) is 4.74 Å². The van der Waals surface area contributed by atoms with Gasteiger partial charge in [-0.2, -0.15) is 0 Å². The first kappa shape index (κ1) is 18.5. The molecule has 0 saturated carbocycles. The van der Waals surface area contributed by atoms with Crippen LogP contribution in [0.2, 0.25) is 0 Å². The van der Waals surface area contributed by atoms with Gasteiger partial charge in [0.05, 0.1) is 13.2 Å². The molecule has 1 aromatic carbocycles. The van der Waals surface area contributed by atoms with Gasteiger partial charge in [-0.3, -0.25) is 0 Å². The number of aliphatic hydroxyl groups is 1. The number of hydrogen-bond donors (Lipinski definition) is 3. The molecule has 2 aromatic rings. The molecule has 1 unspecified atom stereocenters. The Labute approximate surface area is 147 Å². The number of aliphatic hydroxyl groups excluding tert-OH is 1. The van der Waals surface area contributed by atoms with E-state index >= 15 is 0 Å². The van der Waals surface area contributed by atoms with E-state index in [-0.39, 0.29) is 12.6 Å². The molecule has 0 aliphatic heterocycles. The zero-order valence-corrected chi connectivity index (χ0v) is 14.7. The predicted molar refractivity (Wildman–Crippen MR) is 96.8 cm³/mol. The lowest BCUT2D eigenvalue weighted by atomic mass is 10.1. The van der Waals surface area contributed by atoms with Crippen molar-refractivity contribution in [2.75, 3.05) is 32.6 Å².